The molecule has 0 saturated carbocycles. The molecule has 3 amide bonds. The van der Waals surface area contributed by atoms with Crippen molar-refractivity contribution in [1.82, 2.24) is 0 Å². The average molecular weight is 525 g/mol. The number of carbonyl (C=O) groups is 3. The molecule has 1 heterocycles. The molecule has 0 unspecified atom stereocenters. The number of imide groups is 1. The van der Waals surface area contributed by atoms with Crippen molar-refractivity contribution in [3.05, 3.63) is 98.6 Å². The molecule has 3 aromatic carbocycles. The van der Waals surface area contributed by atoms with Crippen LogP contribution in [-0.2, 0) is 9.59 Å². The molecule has 33 heavy (non-hydrogen) atoms. The van der Waals surface area contributed by atoms with E-state index in [0.717, 1.165) is 20.5 Å². The van der Waals surface area contributed by atoms with Crippen LogP contribution in [0.15, 0.2) is 81.9 Å². The Morgan fingerprint density at radius 3 is 2.21 bits per heavy atom. The number of carbonyl (C=O) groups excluding carboxylic acids is 3. The number of anilines is 3. The van der Waals surface area contributed by atoms with E-state index in [0.29, 0.717) is 22.6 Å². The zero-order valence-electron chi connectivity index (χ0n) is 17.8. The normalized spacial score (nSPS) is 13.5. The van der Waals surface area contributed by atoms with Gasteiger partial charge in [-0.05, 0) is 79.6 Å². The van der Waals surface area contributed by atoms with Crippen LogP contribution in [0.25, 0.3) is 0 Å². The first-order chi connectivity index (χ1) is 15.7. The highest BCUT2D eigenvalue weighted by Gasteiger charge is 2.38. The summed E-state index contributed by atoms with van der Waals surface area (Å²) in [6.07, 6.45) is 0. The van der Waals surface area contributed by atoms with E-state index in [9.17, 15) is 14.4 Å². The molecular weight excluding hydrogens is 506 g/mol. The van der Waals surface area contributed by atoms with Crippen molar-refractivity contribution < 1.29 is 14.4 Å². The van der Waals surface area contributed by atoms with Gasteiger partial charge in [-0.15, -0.1) is 0 Å². The number of aryl methyl sites for hydroxylation is 2. The lowest BCUT2D eigenvalue weighted by Gasteiger charge is -2.15. The van der Waals surface area contributed by atoms with Crippen LogP contribution in [0.3, 0.4) is 0 Å². The Kier molecular flexibility index (Phi) is 6.35. The Labute approximate surface area is 204 Å². The molecule has 1 aliphatic rings. The predicted octanol–water partition coefficient (Wildman–Crippen LogP) is 5.75. The molecule has 3 aromatic rings. The van der Waals surface area contributed by atoms with Crippen molar-refractivity contribution in [3.63, 3.8) is 0 Å². The minimum absolute atomic E-state index is 0.0450. The highest BCUT2D eigenvalue weighted by atomic mass is 79.9. The monoisotopic (exact) mass is 523 g/mol. The van der Waals surface area contributed by atoms with Crippen molar-refractivity contribution in [2.45, 2.75) is 13.8 Å². The van der Waals surface area contributed by atoms with Crippen molar-refractivity contribution in [1.29, 1.82) is 0 Å². The van der Waals surface area contributed by atoms with E-state index in [2.05, 4.69) is 26.6 Å². The first-order valence-electron chi connectivity index (χ1n) is 10.0. The predicted molar refractivity (Wildman–Crippen MR) is 133 cm³/mol. The van der Waals surface area contributed by atoms with Gasteiger partial charge in [0.15, 0.2) is 0 Å². The van der Waals surface area contributed by atoms with Gasteiger partial charge in [0, 0.05) is 21.4 Å². The summed E-state index contributed by atoms with van der Waals surface area (Å²) in [7, 11) is 0. The van der Waals surface area contributed by atoms with Crippen LogP contribution in [0.1, 0.15) is 21.5 Å². The number of benzene rings is 3. The molecule has 8 heteroatoms. The summed E-state index contributed by atoms with van der Waals surface area (Å²) in [5.74, 6) is -1.48. The molecule has 1 aliphatic heterocycles. The van der Waals surface area contributed by atoms with E-state index in [-0.39, 0.29) is 16.6 Å². The van der Waals surface area contributed by atoms with Crippen LogP contribution in [0.4, 0.5) is 17.1 Å². The summed E-state index contributed by atoms with van der Waals surface area (Å²) in [6.45, 7) is 3.92. The number of rotatable bonds is 5. The molecule has 4 rings (SSSR count). The highest BCUT2D eigenvalue weighted by Crippen LogP contribution is 2.31. The van der Waals surface area contributed by atoms with Crippen molar-refractivity contribution in [2.75, 3.05) is 15.5 Å². The summed E-state index contributed by atoms with van der Waals surface area (Å²) < 4.78 is 0.818. The molecule has 2 N–H and O–H groups in total. The fourth-order valence-corrected chi connectivity index (χ4v) is 4.05. The second kappa shape index (κ2) is 9.21. The van der Waals surface area contributed by atoms with Gasteiger partial charge >= 0.3 is 0 Å². The van der Waals surface area contributed by atoms with Gasteiger partial charge in [-0.2, -0.15) is 0 Å². The summed E-state index contributed by atoms with van der Waals surface area (Å²) in [5.41, 5.74) is 3.99. The highest BCUT2D eigenvalue weighted by molar-refractivity contribution is 9.10. The molecule has 0 bridgehead atoms. The second-order valence-corrected chi connectivity index (χ2v) is 8.94. The number of amides is 3. The standard InChI is InChI=1S/C25H19BrClN3O3/c1-14-10-15(2)12-19(11-14)29-23(31)16-4-3-5-18(13-16)28-22-21(27)24(32)30(25(22)33)20-8-6-17(26)7-9-20/h3-13,28H,1-2H3,(H,29,31). The largest absolute Gasteiger partial charge is 0.350 e. The summed E-state index contributed by atoms with van der Waals surface area (Å²) in [5, 5.41) is 5.57. The molecule has 0 atom stereocenters. The van der Waals surface area contributed by atoms with Gasteiger partial charge < -0.3 is 10.6 Å². The Hall–Kier alpha value is -3.42. The number of hydrogen-bond acceptors (Lipinski definition) is 4. The maximum absolute atomic E-state index is 12.9. The Balaban J connectivity index is 1.54. The van der Waals surface area contributed by atoms with Gasteiger partial charge in [0.2, 0.25) is 0 Å². The Morgan fingerprint density at radius 1 is 0.879 bits per heavy atom. The molecule has 0 aromatic heterocycles. The number of nitrogens with one attached hydrogen (secondary N) is 2. The molecule has 0 radical (unpaired) electrons. The maximum atomic E-state index is 12.9. The van der Waals surface area contributed by atoms with Gasteiger partial charge in [-0.25, -0.2) is 4.90 Å². The van der Waals surface area contributed by atoms with Crippen molar-refractivity contribution in [3.8, 4) is 0 Å². The van der Waals surface area contributed by atoms with E-state index in [1.54, 1.807) is 48.5 Å². The lowest BCUT2D eigenvalue weighted by Crippen LogP contribution is -2.32. The van der Waals surface area contributed by atoms with Gasteiger partial charge in [0.05, 0.1) is 5.69 Å². The lowest BCUT2D eigenvalue weighted by atomic mass is 10.1. The van der Waals surface area contributed by atoms with Crippen LogP contribution in [0, 0.1) is 13.8 Å². The van der Waals surface area contributed by atoms with Gasteiger partial charge in [0.25, 0.3) is 17.7 Å². The van der Waals surface area contributed by atoms with E-state index in [1.165, 1.54) is 0 Å². The third-order valence-corrected chi connectivity index (χ3v) is 5.87. The number of hydrogen-bond donors (Lipinski definition) is 2. The van der Waals surface area contributed by atoms with Gasteiger partial charge in [-0.1, -0.05) is 39.7 Å². The fraction of sp³-hybridized carbons (Fsp3) is 0.0800. The maximum Gasteiger partial charge on any atom is 0.283 e. The van der Waals surface area contributed by atoms with Crippen LogP contribution >= 0.6 is 27.5 Å². The average Bonchev–Trinajstić information content (AvgIpc) is 2.97. The molecular formula is C25H19BrClN3O3. The molecule has 0 saturated heterocycles. The minimum Gasteiger partial charge on any atom is -0.350 e. The van der Waals surface area contributed by atoms with Crippen LogP contribution < -0.4 is 15.5 Å². The molecule has 0 fully saturated rings. The summed E-state index contributed by atoms with van der Waals surface area (Å²) in [4.78, 5) is 39.4. The van der Waals surface area contributed by atoms with Crippen LogP contribution in [-0.4, -0.2) is 17.7 Å². The van der Waals surface area contributed by atoms with E-state index in [4.69, 9.17) is 11.6 Å². The zero-order chi connectivity index (χ0) is 23.7. The Morgan fingerprint density at radius 2 is 1.55 bits per heavy atom. The van der Waals surface area contributed by atoms with E-state index in [1.807, 2.05) is 32.0 Å². The van der Waals surface area contributed by atoms with E-state index >= 15 is 0 Å². The van der Waals surface area contributed by atoms with Crippen molar-refractivity contribution in [2.24, 2.45) is 0 Å². The molecule has 166 valence electrons. The second-order valence-electron chi connectivity index (χ2n) is 7.65. The summed E-state index contributed by atoms with van der Waals surface area (Å²) in [6, 6.07) is 19.2. The van der Waals surface area contributed by atoms with Gasteiger partial charge in [-0.3, -0.25) is 14.4 Å². The topological polar surface area (TPSA) is 78.5 Å². The minimum atomic E-state index is -0.616. The first kappa shape index (κ1) is 22.8. The quantitative estimate of drug-likeness (QED) is 0.416. The third-order valence-electron chi connectivity index (χ3n) is 4.99. The SMILES string of the molecule is Cc1cc(C)cc(NC(=O)c2cccc(NC3=C(Cl)C(=O)N(c4ccc(Br)cc4)C3=O)c2)c1. The van der Waals surface area contributed by atoms with Gasteiger partial charge in [0.1, 0.15) is 10.7 Å². The van der Waals surface area contributed by atoms with Crippen LogP contribution in [0.5, 0.6) is 0 Å². The third kappa shape index (κ3) is 4.84. The van der Waals surface area contributed by atoms with Crippen molar-refractivity contribution >= 4 is 62.3 Å². The molecule has 0 aliphatic carbocycles. The lowest BCUT2D eigenvalue weighted by molar-refractivity contribution is -0.120. The first-order valence-corrected chi connectivity index (χ1v) is 11.2. The smallest absolute Gasteiger partial charge is 0.283 e. The Bertz CT molecular complexity index is 1300. The molecule has 6 nitrogen and oxygen atoms in total. The fourth-order valence-electron chi connectivity index (χ4n) is 3.57. The summed E-state index contributed by atoms with van der Waals surface area (Å²) >= 11 is 9.53. The van der Waals surface area contributed by atoms with Crippen LogP contribution in [0.2, 0.25) is 0 Å². The van der Waals surface area contributed by atoms with E-state index < -0.39 is 11.8 Å². The number of nitrogens with zero attached hydrogens (tertiary/aromatic N) is 1. The number of halogens is 2. The molecule has 0 spiro atoms. The zero-order valence-corrected chi connectivity index (χ0v) is 20.1.